The number of amides is 1. The molecule has 0 spiro atoms. The predicted octanol–water partition coefficient (Wildman–Crippen LogP) is 2.03. The van der Waals surface area contributed by atoms with E-state index in [1.807, 2.05) is 30.3 Å². The lowest BCUT2D eigenvalue weighted by Crippen LogP contribution is -2.45. The molecular weight excluding hydrogens is 376 g/mol. The number of aromatic nitrogens is 1. The molecule has 0 saturated carbocycles. The highest BCUT2D eigenvalue weighted by Crippen LogP contribution is 2.19. The number of likely N-dealkylation sites (tertiary alicyclic amines) is 1. The van der Waals surface area contributed by atoms with Crippen LogP contribution in [-0.4, -0.2) is 48.0 Å². The van der Waals surface area contributed by atoms with E-state index in [9.17, 15) is 9.59 Å². The topological polar surface area (TPSA) is 77.2 Å². The lowest BCUT2D eigenvalue weighted by atomic mass is 9.97. The second-order valence-electron chi connectivity index (χ2n) is 7.85. The average molecular weight is 405 g/mol. The molecule has 3 N–H and O–H groups in total. The molecule has 28 heavy (non-hydrogen) atoms. The van der Waals surface area contributed by atoms with Gasteiger partial charge in [-0.3, -0.25) is 14.5 Å². The minimum Gasteiger partial charge on any atom is -0.354 e. The molecule has 2 atom stereocenters. The van der Waals surface area contributed by atoms with Crippen LogP contribution in [0.1, 0.15) is 31.2 Å². The van der Waals surface area contributed by atoms with Crippen LogP contribution in [0.4, 0.5) is 0 Å². The summed E-state index contributed by atoms with van der Waals surface area (Å²) in [5.74, 6) is 0.583. The van der Waals surface area contributed by atoms with E-state index in [4.69, 9.17) is 0 Å². The predicted molar refractivity (Wildman–Crippen MR) is 114 cm³/mol. The Labute approximate surface area is 171 Å². The quantitative estimate of drug-likeness (QED) is 0.712. The van der Waals surface area contributed by atoms with E-state index in [1.54, 1.807) is 0 Å². The number of nitrogens with one attached hydrogen (secondary N) is 3. The van der Waals surface area contributed by atoms with Crippen LogP contribution in [-0.2, 0) is 11.3 Å². The van der Waals surface area contributed by atoms with Gasteiger partial charge in [-0.15, -0.1) is 12.4 Å². The van der Waals surface area contributed by atoms with Crippen molar-refractivity contribution in [2.45, 2.75) is 38.3 Å². The van der Waals surface area contributed by atoms with E-state index < -0.39 is 0 Å². The summed E-state index contributed by atoms with van der Waals surface area (Å²) in [5.41, 5.74) is 1.69. The van der Waals surface area contributed by atoms with Gasteiger partial charge in [0.05, 0.1) is 6.04 Å². The number of fused-ring (bicyclic) bond motifs is 1. The molecule has 1 amide bonds. The number of nitrogens with zero attached hydrogens (tertiary/aromatic N) is 1. The molecule has 2 fully saturated rings. The van der Waals surface area contributed by atoms with Gasteiger partial charge < -0.3 is 15.6 Å². The zero-order valence-corrected chi connectivity index (χ0v) is 16.9. The lowest BCUT2D eigenvalue weighted by Gasteiger charge is -2.32. The maximum atomic E-state index is 12.4. The Morgan fingerprint density at radius 2 is 2.07 bits per heavy atom. The van der Waals surface area contributed by atoms with E-state index in [2.05, 4.69) is 20.5 Å². The summed E-state index contributed by atoms with van der Waals surface area (Å²) in [6, 6.07) is 9.87. The van der Waals surface area contributed by atoms with Gasteiger partial charge in [0.1, 0.15) is 0 Å². The average Bonchev–Trinajstić information content (AvgIpc) is 3.22. The Kier molecular flexibility index (Phi) is 7.10. The second-order valence-corrected chi connectivity index (χ2v) is 7.85. The van der Waals surface area contributed by atoms with Crippen LogP contribution in [0.15, 0.2) is 35.1 Å². The van der Waals surface area contributed by atoms with Gasteiger partial charge >= 0.3 is 0 Å². The van der Waals surface area contributed by atoms with Crippen LogP contribution in [0.2, 0.25) is 0 Å². The summed E-state index contributed by atoms with van der Waals surface area (Å²) in [6.45, 7) is 4.25. The molecule has 7 heteroatoms. The summed E-state index contributed by atoms with van der Waals surface area (Å²) in [6.07, 6.45) is 4.25. The Morgan fingerprint density at radius 1 is 1.21 bits per heavy atom. The van der Waals surface area contributed by atoms with E-state index >= 15 is 0 Å². The molecule has 2 aromatic rings. The Bertz CT molecular complexity index is 863. The van der Waals surface area contributed by atoms with Crippen molar-refractivity contribution < 1.29 is 4.79 Å². The van der Waals surface area contributed by atoms with Crippen molar-refractivity contribution >= 4 is 29.2 Å². The molecule has 2 aliphatic heterocycles. The van der Waals surface area contributed by atoms with E-state index in [0.29, 0.717) is 12.5 Å². The number of para-hydroxylation sites is 1. The zero-order chi connectivity index (χ0) is 18.6. The number of rotatable bonds is 5. The number of pyridine rings is 1. The summed E-state index contributed by atoms with van der Waals surface area (Å²) < 4.78 is 0. The molecule has 3 heterocycles. The molecule has 1 aromatic carbocycles. The molecule has 0 aliphatic carbocycles. The first-order chi connectivity index (χ1) is 13.2. The number of aromatic amines is 1. The van der Waals surface area contributed by atoms with Gasteiger partial charge in [-0.2, -0.15) is 0 Å². The first-order valence-corrected chi connectivity index (χ1v) is 10.0. The summed E-state index contributed by atoms with van der Waals surface area (Å²) in [4.78, 5) is 29.9. The smallest absolute Gasteiger partial charge is 0.252 e. The molecule has 2 saturated heterocycles. The monoisotopic (exact) mass is 404 g/mol. The van der Waals surface area contributed by atoms with Gasteiger partial charge in [-0.25, -0.2) is 0 Å². The van der Waals surface area contributed by atoms with E-state index in [0.717, 1.165) is 68.3 Å². The van der Waals surface area contributed by atoms with Gasteiger partial charge in [0.2, 0.25) is 5.91 Å². The molecular formula is C21H29ClN4O2. The van der Waals surface area contributed by atoms with Crippen molar-refractivity contribution in [1.29, 1.82) is 0 Å². The van der Waals surface area contributed by atoms with Crippen molar-refractivity contribution in [3.05, 3.63) is 46.2 Å². The number of piperidine rings is 1. The minimum absolute atomic E-state index is 0. The van der Waals surface area contributed by atoms with Crippen LogP contribution in [0, 0.1) is 5.92 Å². The van der Waals surface area contributed by atoms with Crippen molar-refractivity contribution in [2.75, 3.05) is 26.2 Å². The number of hydrogen-bond acceptors (Lipinski definition) is 4. The van der Waals surface area contributed by atoms with Gasteiger partial charge in [-0.05, 0) is 62.2 Å². The molecule has 0 radical (unpaired) electrons. The first-order valence-electron chi connectivity index (χ1n) is 10.0. The number of benzene rings is 1. The van der Waals surface area contributed by atoms with E-state index in [-0.39, 0.29) is 29.9 Å². The summed E-state index contributed by atoms with van der Waals surface area (Å²) >= 11 is 0. The second kappa shape index (κ2) is 9.54. The Morgan fingerprint density at radius 3 is 2.89 bits per heavy atom. The normalized spacial score (nSPS) is 22.7. The van der Waals surface area contributed by atoms with Crippen LogP contribution in [0.25, 0.3) is 10.9 Å². The highest BCUT2D eigenvalue weighted by atomic mass is 35.5. The first kappa shape index (κ1) is 20.8. The standard InChI is InChI=1S/C21H28N4O2.ClH/c26-20-17(11-16-6-1-2-7-18(16)24-20)14-25-10-4-5-15(13-25)12-23-21(27)19-8-3-9-22-19;/h1-2,6-7,11,15,19,22H,3-5,8-10,12-14H2,(H,23,27)(H,24,26);1H. The van der Waals surface area contributed by atoms with E-state index in [1.165, 1.54) is 0 Å². The van der Waals surface area contributed by atoms with Gasteiger partial charge in [0, 0.05) is 30.7 Å². The third-order valence-electron chi connectivity index (χ3n) is 5.77. The number of hydrogen-bond donors (Lipinski definition) is 3. The molecule has 0 bridgehead atoms. The van der Waals surface area contributed by atoms with Gasteiger partial charge in [0.25, 0.3) is 5.56 Å². The SMILES string of the molecule is Cl.O=C(NCC1CCCN(Cc2cc3ccccc3[nH]c2=O)C1)C1CCCN1. The number of halogens is 1. The van der Waals surface area contributed by atoms with Crippen molar-refractivity contribution in [3.8, 4) is 0 Å². The van der Waals surface area contributed by atoms with Crippen LogP contribution >= 0.6 is 12.4 Å². The molecule has 4 rings (SSSR count). The summed E-state index contributed by atoms with van der Waals surface area (Å²) in [7, 11) is 0. The van der Waals surface area contributed by atoms with Crippen molar-refractivity contribution in [2.24, 2.45) is 5.92 Å². The maximum absolute atomic E-state index is 12.4. The van der Waals surface area contributed by atoms with Gasteiger partial charge in [-0.1, -0.05) is 18.2 Å². The largest absolute Gasteiger partial charge is 0.354 e. The molecule has 6 nitrogen and oxygen atoms in total. The number of H-pyrrole nitrogens is 1. The third-order valence-corrected chi connectivity index (χ3v) is 5.77. The number of carbonyl (C=O) groups is 1. The zero-order valence-electron chi connectivity index (χ0n) is 16.1. The number of carbonyl (C=O) groups excluding carboxylic acids is 1. The molecule has 152 valence electrons. The van der Waals surface area contributed by atoms with Crippen LogP contribution in [0.5, 0.6) is 0 Å². The minimum atomic E-state index is -0.0131. The fourth-order valence-electron chi connectivity index (χ4n) is 4.29. The molecule has 2 unspecified atom stereocenters. The molecule has 2 aliphatic rings. The maximum Gasteiger partial charge on any atom is 0.252 e. The van der Waals surface area contributed by atoms with Gasteiger partial charge in [0.15, 0.2) is 0 Å². The lowest BCUT2D eigenvalue weighted by molar-refractivity contribution is -0.123. The fourth-order valence-corrected chi connectivity index (χ4v) is 4.29. The highest BCUT2D eigenvalue weighted by Gasteiger charge is 2.25. The third kappa shape index (κ3) is 4.93. The van der Waals surface area contributed by atoms with Crippen molar-refractivity contribution in [1.82, 2.24) is 20.5 Å². The highest BCUT2D eigenvalue weighted by molar-refractivity contribution is 5.85. The fraction of sp³-hybridized carbons (Fsp3) is 0.524. The molecule has 1 aromatic heterocycles. The summed E-state index contributed by atoms with van der Waals surface area (Å²) in [5, 5.41) is 7.43. The van der Waals surface area contributed by atoms with Crippen LogP contribution < -0.4 is 16.2 Å². The Hall–Kier alpha value is -1.89. The van der Waals surface area contributed by atoms with Crippen molar-refractivity contribution in [3.63, 3.8) is 0 Å². The van der Waals surface area contributed by atoms with Crippen LogP contribution in [0.3, 0.4) is 0 Å². The Balaban J connectivity index is 0.00000225.